The second-order valence-corrected chi connectivity index (χ2v) is 7.99. The molecule has 0 N–H and O–H groups in total. The Morgan fingerprint density at radius 3 is 2.46 bits per heavy atom. The van der Waals surface area contributed by atoms with Gasteiger partial charge in [-0.3, -0.25) is 4.79 Å². The summed E-state index contributed by atoms with van der Waals surface area (Å²) in [5, 5.41) is 4.14. The number of fused-ring (bicyclic) bond motifs is 1. The van der Waals surface area contributed by atoms with Crippen LogP contribution in [0.15, 0.2) is 29.1 Å². The molecule has 0 saturated carbocycles. The van der Waals surface area contributed by atoms with Crippen LogP contribution in [0.25, 0.3) is 11.0 Å². The van der Waals surface area contributed by atoms with Crippen molar-refractivity contribution < 1.29 is 23.0 Å². The molecule has 0 fully saturated rings. The number of hydrogen-bond donors (Lipinski definition) is 0. The highest BCUT2D eigenvalue weighted by molar-refractivity contribution is 14.1. The number of carbonyl (C=O) groups excluding carboxylic acids is 1. The van der Waals surface area contributed by atoms with Gasteiger partial charge in [-0.25, -0.2) is 13.6 Å². The van der Waals surface area contributed by atoms with Crippen molar-refractivity contribution >= 4 is 39.7 Å². The van der Waals surface area contributed by atoms with E-state index in [1.54, 1.807) is 20.8 Å². The van der Waals surface area contributed by atoms with Crippen molar-refractivity contribution in [1.82, 2.24) is 14.3 Å². The summed E-state index contributed by atoms with van der Waals surface area (Å²) < 4.78 is 40.3. The second-order valence-electron chi connectivity index (χ2n) is 6.97. The quantitative estimate of drug-likeness (QED) is 0.491. The van der Waals surface area contributed by atoms with Crippen LogP contribution in [0.3, 0.4) is 0 Å². The third-order valence-electron chi connectivity index (χ3n) is 3.65. The highest BCUT2D eigenvalue weighted by atomic mass is 127. The predicted octanol–water partition coefficient (Wildman–Crippen LogP) is 4.19. The van der Waals surface area contributed by atoms with E-state index in [9.17, 15) is 18.4 Å². The standard InChI is InChI=1S/C18H16F2IN3O4/c1-18(2,3)28-17(26)24-11-8-13(16(25)23(4)14(11)15(21)22-24)27-12-6-5-9(19)7-10(12)20/h5-8H,1-4H3. The molecule has 0 amide bonds. The maximum atomic E-state index is 13.9. The number of halogens is 3. The summed E-state index contributed by atoms with van der Waals surface area (Å²) >= 11 is 1.89. The Kier molecular flexibility index (Phi) is 5.17. The average molecular weight is 503 g/mol. The van der Waals surface area contributed by atoms with E-state index in [2.05, 4.69) is 5.10 Å². The number of aromatic nitrogens is 3. The zero-order valence-electron chi connectivity index (χ0n) is 15.4. The van der Waals surface area contributed by atoms with Crippen molar-refractivity contribution in [2.75, 3.05) is 0 Å². The van der Waals surface area contributed by atoms with E-state index >= 15 is 0 Å². The third kappa shape index (κ3) is 3.86. The Morgan fingerprint density at radius 1 is 1.18 bits per heavy atom. The highest BCUT2D eigenvalue weighted by Crippen LogP contribution is 2.27. The van der Waals surface area contributed by atoms with Gasteiger partial charge in [0, 0.05) is 19.2 Å². The van der Waals surface area contributed by atoms with Gasteiger partial charge in [-0.05, 0) is 55.5 Å². The number of aryl methyl sites for hydroxylation is 1. The number of pyridine rings is 1. The van der Waals surface area contributed by atoms with Gasteiger partial charge in [-0.15, -0.1) is 0 Å². The summed E-state index contributed by atoms with van der Waals surface area (Å²) in [5.74, 6) is -2.30. The average Bonchev–Trinajstić information content (AvgIpc) is 2.90. The number of carbonyl (C=O) groups is 1. The van der Waals surface area contributed by atoms with Crippen LogP contribution >= 0.6 is 22.6 Å². The molecule has 0 atom stereocenters. The van der Waals surface area contributed by atoms with E-state index in [0.29, 0.717) is 15.3 Å². The molecule has 0 bridgehead atoms. The summed E-state index contributed by atoms with van der Waals surface area (Å²) in [6.45, 7) is 5.13. The number of hydrogen-bond acceptors (Lipinski definition) is 5. The van der Waals surface area contributed by atoms with Crippen LogP contribution in [0.1, 0.15) is 20.8 Å². The first-order chi connectivity index (χ1) is 13.0. The van der Waals surface area contributed by atoms with Crippen LogP contribution in [-0.4, -0.2) is 26.0 Å². The lowest BCUT2D eigenvalue weighted by atomic mass is 10.2. The molecule has 3 rings (SSSR count). The molecule has 0 aliphatic heterocycles. The largest absolute Gasteiger partial charge is 0.448 e. The first-order valence-electron chi connectivity index (χ1n) is 8.12. The predicted molar refractivity (Wildman–Crippen MR) is 106 cm³/mol. The normalized spacial score (nSPS) is 11.7. The Balaban J connectivity index is 2.15. The summed E-state index contributed by atoms with van der Waals surface area (Å²) in [6.07, 6.45) is -0.738. The van der Waals surface area contributed by atoms with E-state index in [-0.39, 0.29) is 17.0 Å². The summed E-state index contributed by atoms with van der Waals surface area (Å²) in [6, 6.07) is 4.00. The lowest BCUT2D eigenvalue weighted by molar-refractivity contribution is 0.0522. The molecule has 0 spiro atoms. The van der Waals surface area contributed by atoms with Gasteiger partial charge in [-0.1, -0.05) is 0 Å². The Labute approximate surface area is 172 Å². The number of benzene rings is 1. The van der Waals surface area contributed by atoms with Crippen LogP contribution in [0.5, 0.6) is 11.5 Å². The van der Waals surface area contributed by atoms with E-state index < -0.39 is 28.9 Å². The van der Waals surface area contributed by atoms with Gasteiger partial charge in [-0.2, -0.15) is 9.78 Å². The minimum atomic E-state index is -0.961. The fraction of sp³-hybridized carbons (Fsp3) is 0.278. The van der Waals surface area contributed by atoms with Crippen molar-refractivity contribution in [3.63, 3.8) is 0 Å². The molecule has 148 valence electrons. The summed E-state index contributed by atoms with van der Waals surface area (Å²) in [5.41, 5.74) is -0.683. The topological polar surface area (TPSA) is 75.4 Å². The Bertz CT molecular complexity index is 1150. The molecule has 0 aliphatic rings. The van der Waals surface area contributed by atoms with Crippen LogP contribution in [-0.2, 0) is 11.8 Å². The molecule has 10 heteroatoms. The maximum absolute atomic E-state index is 13.9. The lowest BCUT2D eigenvalue weighted by Crippen LogP contribution is -2.28. The van der Waals surface area contributed by atoms with Gasteiger partial charge >= 0.3 is 6.09 Å². The molecule has 2 aromatic heterocycles. The van der Waals surface area contributed by atoms with Gasteiger partial charge < -0.3 is 14.0 Å². The number of rotatable bonds is 2. The minimum absolute atomic E-state index is 0.248. The molecule has 0 aliphatic carbocycles. The summed E-state index contributed by atoms with van der Waals surface area (Å²) in [4.78, 5) is 25.1. The SMILES string of the molecule is Cn1c(=O)c(Oc2ccc(F)cc2F)cc2c1c(I)nn2C(=O)OC(C)(C)C. The third-order valence-corrected chi connectivity index (χ3v) is 4.38. The molecular formula is C18H16F2IN3O4. The highest BCUT2D eigenvalue weighted by Gasteiger charge is 2.24. The van der Waals surface area contributed by atoms with Crippen LogP contribution in [0.4, 0.5) is 13.6 Å². The fourth-order valence-corrected chi connectivity index (χ4v) is 3.34. The Morgan fingerprint density at radius 2 is 1.86 bits per heavy atom. The minimum Gasteiger partial charge on any atom is -0.448 e. The van der Waals surface area contributed by atoms with Crippen molar-refractivity contribution in [1.29, 1.82) is 0 Å². The number of nitrogens with zero attached hydrogens (tertiary/aromatic N) is 3. The molecule has 28 heavy (non-hydrogen) atoms. The molecule has 0 unspecified atom stereocenters. The van der Waals surface area contributed by atoms with Gasteiger partial charge in [0.05, 0.1) is 0 Å². The molecular weight excluding hydrogens is 487 g/mol. The van der Waals surface area contributed by atoms with E-state index in [1.807, 2.05) is 22.6 Å². The monoisotopic (exact) mass is 503 g/mol. The van der Waals surface area contributed by atoms with Crippen molar-refractivity contribution in [3.8, 4) is 11.5 Å². The molecule has 1 aromatic carbocycles. The molecule has 3 aromatic rings. The Hall–Kier alpha value is -2.50. The van der Waals surface area contributed by atoms with Crippen molar-refractivity contribution in [3.05, 3.63) is 50.0 Å². The first kappa shape index (κ1) is 20.2. The molecule has 7 nitrogen and oxygen atoms in total. The van der Waals surface area contributed by atoms with Crippen LogP contribution in [0, 0.1) is 15.3 Å². The van der Waals surface area contributed by atoms with Crippen LogP contribution < -0.4 is 10.3 Å². The zero-order valence-corrected chi connectivity index (χ0v) is 17.6. The van der Waals surface area contributed by atoms with E-state index in [4.69, 9.17) is 9.47 Å². The van der Waals surface area contributed by atoms with Gasteiger partial charge in [0.15, 0.2) is 17.3 Å². The van der Waals surface area contributed by atoms with Crippen molar-refractivity contribution in [2.24, 2.45) is 7.05 Å². The van der Waals surface area contributed by atoms with E-state index in [1.165, 1.54) is 17.7 Å². The van der Waals surface area contributed by atoms with Crippen molar-refractivity contribution in [2.45, 2.75) is 26.4 Å². The van der Waals surface area contributed by atoms with Gasteiger partial charge in [0.25, 0.3) is 5.56 Å². The number of ether oxygens (including phenoxy) is 2. The van der Waals surface area contributed by atoms with E-state index in [0.717, 1.165) is 16.8 Å². The second kappa shape index (κ2) is 7.15. The first-order valence-corrected chi connectivity index (χ1v) is 9.20. The zero-order chi connectivity index (χ0) is 20.8. The lowest BCUT2D eigenvalue weighted by Gasteiger charge is -2.19. The molecule has 0 saturated heterocycles. The molecule has 0 radical (unpaired) electrons. The van der Waals surface area contributed by atoms with Gasteiger partial charge in [0.1, 0.15) is 26.2 Å². The smallest absolute Gasteiger partial charge is 0.435 e. The fourth-order valence-electron chi connectivity index (χ4n) is 2.48. The summed E-state index contributed by atoms with van der Waals surface area (Å²) in [7, 11) is 1.47. The molecule has 2 heterocycles. The van der Waals surface area contributed by atoms with Crippen LogP contribution in [0.2, 0.25) is 0 Å². The van der Waals surface area contributed by atoms with Gasteiger partial charge in [0.2, 0.25) is 0 Å². The maximum Gasteiger partial charge on any atom is 0.435 e.